The summed E-state index contributed by atoms with van der Waals surface area (Å²) in [6.45, 7) is 2.27. The van der Waals surface area contributed by atoms with E-state index in [1.807, 2.05) is 7.05 Å². The van der Waals surface area contributed by atoms with E-state index in [1.54, 1.807) is 12.3 Å². The Morgan fingerprint density at radius 1 is 1.33 bits per heavy atom. The zero-order chi connectivity index (χ0) is 13.0. The molecule has 2 nitrogen and oxygen atoms in total. The third-order valence-corrected chi connectivity index (χ3v) is 4.34. The highest BCUT2D eigenvalue weighted by Crippen LogP contribution is 2.37. The highest BCUT2D eigenvalue weighted by atomic mass is 19.1. The first-order valence-electron chi connectivity index (χ1n) is 7.02. The van der Waals surface area contributed by atoms with Crippen molar-refractivity contribution in [3.05, 3.63) is 29.8 Å². The lowest BCUT2D eigenvalue weighted by Gasteiger charge is -2.33. The van der Waals surface area contributed by atoms with Crippen LogP contribution in [0.15, 0.2) is 18.5 Å². The van der Waals surface area contributed by atoms with Crippen molar-refractivity contribution in [2.24, 2.45) is 11.8 Å². The van der Waals surface area contributed by atoms with E-state index in [2.05, 4.69) is 17.2 Å². The van der Waals surface area contributed by atoms with Crippen molar-refractivity contribution >= 4 is 0 Å². The van der Waals surface area contributed by atoms with Crippen LogP contribution in [0.2, 0.25) is 0 Å². The van der Waals surface area contributed by atoms with Crippen LogP contribution in [0.4, 0.5) is 4.39 Å². The van der Waals surface area contributed by atoms with E-state index in [0.717, 1.165) is 11.5 Å². The molecule has 3 heteroatoms. The standard InChI is InChI=1S/C15H23FN2/c1-3-11-4-6-12(7-5-11)15(17-2)13-8-14(16)10-18-9-13/h8-12,15,17H,3-7H2,1-2H3. The normalized spacial score (nSPS) is 25.9. The van der Waals surface area contributed by atoms with Crippen LogP contribution < -0.4 is 5.32 Å². The molecule has 1 heterocycles. The largest absolute Gasteiger partial charge is 0.313 e. The number of hydrogen-bond acceptors (Lipinski definition) is 2. The third kappa shape index (κ3) is 3.08. The quantitative estimate of drug-likeness (QED) is 0.881. The van der Waals surface area contributed by atoms with Gasteiger partial charge in [-0.05, 0) is 43.4 Å². The van der Waals surface area contributed by atoms with Gasteiger partial charge in [-0.2, -0.15) is 0 Å². The van der Waals surface area contributed by atoms with Crippen molar-refractivity contribution in [3.63, 3.8) is 0 Å². The minimum atomic E-state index is -0.241. The highest BCUT2D eigenvalue weighted by Gasteiger charge is 2.27. The van der Waals surface area contributed by atoms with Gasteiger partial charge in [-0.3, -0.25) is 4.98 Å². The maximum Gasteiger partial charge on any atom is 0.141 e. The molecule has 0 bridgehead atoms. The molecule has 0 amide bonds. The summed E-state index contributed by atoms with van der Waals surface area (Å²) in [5.41, 5.74) is 0.984. The summed E-state index contributed by atoms with van der Waals surface area (Å²) >= 11 is 0. The van der Waals surface area contributed by atoms with Gasteiger partial charge >= 0.3 is 0 Å². The average Bonchev–Trinajstić information content (AvgIpc) is 2.40. The highest BCUT2D eigenvalue weighted by molar-refractivity contribution is 5.16. The number of halogens is 1. The predicted molar refractivity (Wildman–Crippen MR) is 71.7 cm³/mol. The van der Waals surface area contributed by atoms with Gasteiger partial charge in [0.05, 0.1) is 6.20 Å². The van der Waals surface area contributed by atoms with Crippen LogP contribution in [-0.2, 0) is 0 Å². The molecular formula is C15H23FN2. The van der Waals surface area contributed by atoms with Crippen LogP contribution in [0.5, 0.6) is 0 Å². The molecule has 2 rings (SSSR count). The van der Waals surface area contributed by atoms with Gasteiger partial charge in [-0.25, -0.2) is 4.39 Å². The first-order chi connectivity index (χ1) is 8.74. The topological polar surface area (TPSA) is 24.9 Å². The van der Waals surface area contributed by atoms with Gasteiger partial charge in [-0.15, -0.1) is 0 Å². The maximum absolute atomic E-state index is 13.3. The van der Waals surface area contributed by atoms with E-state index in [0.29, 0.717) is 5.92 Å². The third-order valence-electron chi connectivity index (χ3n) is 4.34. The van der Waals surface area contributed by atoms with Gasteiger partial charge in [0.1, 0.15) is 5.82 Å². The van der Waals surface area contributed by atoms with Crippen LogP contribution in [0.3, 0.4) is 0 Å². The van der Waals surface area contributed by atoms with E-state index in [1.165, 1.54) is 38.3 Å². The van der Waals surface area contributed by atoms with E-state index in [9.17, 15) is 4.39 Å². The monoisotopic (exact) mass is 250 g/mol. The molecule has 1 aromatic heterocycles. The predicted octanol–water partition coefficient (Wildman–Crippen LogP) is 3.70. The van der Waals surface area contributed by atoms with Crippen molar-refractivity contribution in [1.82, 2.24) is 10.3 Å². The average molecular weight is 250 g/mol. The van der Waals surface area contributed by atoms with Crippen LogP contribution in [0, 0.1) is 17.7 Å². The summed E-state index contributed by atoms with van der Waals surface area (Å²) < 4.78 is 13.3. The molecule has 0 aliphatic heterocycles. The van der Waals surface area contributed by atoms with E-state index < -0.39 is 0 Å². The van der Waals surface area contributed by atoms with Gasteiger partial charge in [0.15, 0.2) is 0 Å². The summed E-state index contributed by atoms with van der Waals surface area (Å²) in [5, 5.41) is 3.34. The Labute approximate surface area is 109 Å². The Balaban J connectivity index is 2.05. The molecule has 0 radical (unpaired) electrons. The summed E-state index contributed by atoms with van der Waals surface area (Å²) in [5.74, 6) is 1.26. The molecule has 1 saturated carbocycles. The fourth-order valence-electron chi connectivity index (χ4n) is 3.20. The van der Waals surface area contributed by atoms with Crippen LogP contribution in [0.25, 0.3) is 0 Å². The summed E-state index contributed by atoms with van der Waals surface area (Å²) in [4.78, 5) is 3.96. The molecule has 18 heavy (non-hydrogen) atoms. The number of pyridine rings is 1. The lowest BCUT2D eigenvalue weighted by molar-refractivity contribution is 0.224. The molecule has 1 N–H and O–H groups in total. The molecule has 100 valence electrons. The number of nitrogens with one attached hydrogen (secondary N) is 1. The first-order valence-corrected chi connectivity index (χ1v) is 7.02. The Kier molecular flexibility index (Phi) is 4.70. The lowest BCUT2D eigenvalue weighted by Crippen LogP contribution is -2.28. The molecule has 0 aromatic carbocycles. The Morgan fingerprint density at radius 3 is 2.61 bits per heavy atom. The van der Waals surface area contributed by atoms with Crippen molar-refractivity contribution in [2.75, 3.05) is 7.05 Å². The molecule has 0 saturated heterocycles. The van der Waals surface area contributed by atoms with Crippen LogP contribution in [-0.4, -0.2) is 12.0 Å². The van der Waals surface area contributed by atoms with Gasteiger partial charge in [0.25, 0.3) is 0 Å². The maximum atomic E-state index is 13.3. The van der Waals surface area contributed by atoms with E-state index in [4.69, 9.17) is 0 Å². The molecular weight excluding hydrogens is 227 g/mol. The minimum absolute atomic E-state index is 0.241. The Hall–Kier alpha value is -0.960. The Bertz CT molecular complexity index is 373. The SMILES string of the molecule is CCC1CCC(C(NC)c2cncc(F)c2)CC1. The lowest BCUT2D eigenvalue weighted by atomic mass is 9.76. The van der Waals surface area contributed by atoms with Crippen molar-refractivity contribution < 1.29 is 4.39 Å². The van der Waals surface area contributed by atoms with Crippen molar-refractivity contribution in [2.45, 2.75) is 45.1 Å². The second-order valence-electron chi connectivity index (χ2n) is 5.39. The van der Waals surface area contributed by atoms with Gasteiger partial charge < -0.3 is 5.32 Å². The molecule has 1 aliphatic carbocycles. The number of rotatable bonds is 4. The minimum Gasteiger partial charge on any atom is -0.313 e. The van der Waals surface area contributed by atoms with Crippen molar-refractivity contribution in [3.8, 4) is 0 Å². The van der Waals surface area contributed by atoms with Crippen LogP contribution >= 0.6 is 0 Å². The van der Waals surface area contributed by atoms with Gasteiger partial charge in [0, 0.05) is 12.2 Å². The number of nitrogens with zero attached hydrogens (tertiary/aromatic N) is 1. The Morgan fingerprint density at radius 2 is 2.06 bits per heavy atom. The zero-order valence-corrected chi connectivity index (χ0v) is 11.3. The van der Waals surface area contributed by atoms with Crippen LogP contribution in [0.1, 0.15) is 50.6 Å². The summed E-state index contributed by atoms with van der Waals surface area (Å²) in [7, 11) is 1.96. The smallest absolute Gasteiger partial charge is 0.141 e. The first kappa shape index (κ1) is 13.5. The molecule has 1 fully saturated rings. The van der Waals surface area contributed by atoms with E-state index in [-0.39, 0.29) is 11.9 Å². The molecule has 1 aliphatic rings. The molecule has 0 spiro atoms. The fraction of sp³-hybridized carbons (Fsp3) is 0.667. The number of hydrogen-bond donors (Lipinski definition) is 1. The summed E-state index contributed by atoms with van der Waals surface area (Å²) in [6.07, 6.45) is 9.43. The second kappa shape index (κ2) is 6.28. The van der Waals surface area contributed by atoms with E-state index >= 15 is 0 Å². The molecule has 1 unspecified atom stereocenters. The second-order valence-corrected chi connectivity index (χ2v) is 5.39. The molecule has 1 atom stereocenters. The fourth-order valence-corrected chi connectivity index (χ4v) is 3.20. The van der Waals surface area contributed by atoms with Gasteiger partial charge in [-0.1, -0.05) is 26.2 Å². The zero-order valence-electron chi connectivity index (χ0n) is 11.3. The number of aromatic nitrogens is 1. The van der Waals surface area contributed by atoms with Gasteiger partial charge in [0.2, 0.25) is 0 Å². The van der Waals surface area contributed by atoms with Crippen molar-refractivity contribution in [1.29, 1.82) is 0 Å². The summed E-state index contributed by atoms with van der Waals surface area (Å²) in [6, 6.07) is 1.85. The molecule has 1 aromatic rings.